The lowest BCUT2D eigenvalue weighted by atomic mass is 10.3. The zero-order valence-electron chi connectivity index (χ0n) is 8.23. The Morgan fingerprint density at radius 3 is 3.07 bits per heavy atom. The molecule has 0 atom stereocenters. The molecule has 1 amide bonds. The lowest BCUT2D eigenvalue weighted by Gasteiger charge is -1.97. The first-order valence-corrected chi connectivity index (χ1v) is 5.54. The summed E-state index contributed by atoms with van der Waals surface area (Å²) in [4.78, 5) is 15.5. The van der Waals surface area contributed by atoms with Crippen LogP contribution in [0.1, 0.15) is 25.5 Å². The summed E-state index contributed by atoms with van der Waals surface area (Å²) in [5.74, 6) is 0.208. The van der Waals surface area contributed by atoms with Crippen LogP contribution in [0, 0.1) is 5.92 Å². The first-order valence-electron chi connectivity index (χ1n) is 4.66. The summed E-state index contributed by atoms with van der Waals surface area (Å²) in [6, 6.07) is 0. The molecule has 1 saturated carbocycles. The van der Waals surface area contributed by atoms with Gasteiger partial charge in [-0.15, -0.1) is 11.3 Å². The van der Waals surface area contributed by atoms with Gasteiger partial charge in [0.25, 0.3) is 0 Å². The SMILES string of the molecule is CC(=NO)c1csc(NC(=O)C2CC2)n1. The fraction of sp³-hybridized carbons (Fsp3) is 0.444. The second kappa shape index (κ2) is 3.98. The molecule has 6 heteroatoms. The smallest absolute Gasteiger partial charge is 0.229 e. The number of amides is 1. The van der Waals surface area contributed by atoms with Crippen LogP contribution in [0.2, 0.25) is 0 Å². The van der Waals surface area contributed by atoms with Gasteiger partial charge in [-0.3, -0.25) is 4.79 Å². The maximum Gasteiger partial charge on any atom is 0.229 e. The largest absolute Gasteiger partial charge is 0.411 e. The van der Waals surface area contributed by atoms with Gasteiger partial charge in [-0.1, -0.05) is 5.16 Å². The highest BCUT2D eigenvalue weighted by Crippen LogP contribution is 2.30. The van der Waals surface area contributed by atoms with E-state index in [1.807, 2.05) is 0 Å². The Morgan fingerprint density at radius 2 is 2.47 bits per heavy atom. The Hall–Kier alpha value is -1.43. The first kappa shape index (κ1) is 10.1. The average molecular weight is 225 g/mol. The van der Waals surface area contributed by atoms with Crippen LogP contribution < -0.4 is 5.32 Å². The van der Waals surface area contributed by atoms with Gasteiger partial charge in [0, 0.05) is 11.3 Å². The van der Waals surface area contributed by atoms with Gasteiger partial charge in [0.2, 0.25) is 5.91 Å². The number of oxime groups is 1. The van der Waals surface area contributed by atoms with E-state index < -0.39 is 0 Å². The molecular weight excluding hydrogens is 214 g/mol. The van der Waals surface area contributed by atoms with E-state index in [1.54, 1.807) is 12.3 Å². The van der Waals surface area contributed by atoms with Gasteiger partial charge in [-0.05, 0) is 19.8 Å². The molecule has 0 bridgehead atoms. The molecule has 1 fully saturated rings. The van der Waals surface area contributed by atoms with Crippen molar-refractivity contribution in [2.75, 3.05) is 5.32 Å². The van der Waals surface area contributed by atoms with E-state index in [2.05, 4.69) is 15.5 Å². The molecule has 1 aliphatic rings. The molecule has 1 aromatic heterocycles. The van der Waals surface area contributed by atoms with E-state index in [9.17, 15) is 4.79 Å². The highest BCUT2D eigenvalue weighted by Gasteiger charge is 2.30. The highest BCUT2D eigenvalue weighted by molar-refractivity contribution is 7.14. The van der Waals surface area contributed by atoms with Crippen molar-refractivity contribution in [1.82, 2.24) is 4.98 Å². The van der Waals surface area contributed by atoms with E-state index in [0.717, 1.165) is 12.8 Å². The first-order chi connectivity index (χ1) is 7.20. The summed E-state index contributed by atoms with van der Waals surface area (Å²) < 4.78 is 0. The topological polar surface area (TPSA) is 74.6 Å². The number of carbonyl (C=O) groups excluding carboxylic acids is 1. The zero-order valence-corrected chi connectivity index (χ0v) is 9.04. The number of hydrogen-bond donors (Lipinski definition) is 2. The monoisotopic (exact) mass is 225 g/mol. The van der Waals surface area contributed by atoms with Gasteiger partial charge >= 0.3 is 0 Å². The molecule has 2 N–H and O–H groups in total. The van der Waals surface area contributed by atoms with Crippen molar-refractivity contribution in [2.24, 2.45) is 11.1 Å². The van der Waals surface area contributed by atoms with Gasteiger partial charge in [0.05, 0.1) is 0 Å². The number of nitrogens with zero attached hydrogens (tertiary/aromatic N) is 2. The third-order valence-corrected chi connectivity index (χ3v) is 2.96. The number of hydrogen-bond acceptors (Lipinski definition) is 5. The maximum absolute atomic E-state index is 11.4. The fourth-order valence-electron chi connectivity index (χ4n) is 1.10. The molecule has 15 heavy (non-hydrogen) atoms. The van der Waals surface area contributed by atoms with Crippen molar-refractivity contribution in [2.45, 2.75) is 19.8 Å². The second-order valence-electron chi connectivity index (χ2n) is 3.49. The van der Waals surface area contributed by atoms with Gasteiger partial charge in [-0.2, -0.15) is 0 Å². The normalized spacial score (nSPS) is 16.5. The summed E-state index contributed by atoms with van der Waals surface area (Å²) in [5, 5.41) is 16.6. The molecule has 1 aromatic rings. The van der Waals surface area contributed by atoms with E-state index >= 15 is 0 Å². The molecule has 2 rings (SSSR count). The summed E-state index contributed by atoms with van der Waals surface area (Å²) >= 11 is 1.33. The van der Waals surface area contributed by atoms with Crippen LogP contribution >= 0.6 is 11.3 Å². The zero-order chi connectivity index (χ0) is 10.8. The Bertz CT molecular complexity index is 409. The van der Waals surface area contributed by atoms with Gasteiger partial charge in [0.15, 0.2) is 5.13 Å². The van der Waals surface area contributed by atoms with Crippen molar-refractivity contribution in [3.05, 3.63) is 11.1 Å². The maximum atomic E-state index is 11.4. The lowest BCUT2D eigenvalue weighted by Crippen LogP contribution is -2.13. The molecule has 0 aromatic carbocycles. The second-order valence-corrected chi connectivity index (χ2v) is 4.34. The van der Waals surface area contributed by atoms with Crippen molar-refractivity contribution in [1.29, 1.82) is 0 Å². The summed E-state index contributed by atoms with van der Waals surface area (Å²) in [7, 11) is 0. The van der Waals surface area contributed by atoms with Crippen molar-refractivity contribution in [3.8, 4) is 0 Å². The third-order valence-electron chi connectivity index (χ3n) is 2.20. The molecular formula is C9H11N3O2S. The predicted octanol–water partition coefficient (Wildman–Crippen LogP) is 1.69. The predicted molar refractivity (Wildman–Crippen MR) is 57.5 cm³/mol. The molecule has 1 aliphatic carbocycles. The minimum atomic E-state index is 0.0366. The van der Waals surface area contributed by atoms with Crippen LogP contribution in [0.4, 0.5) is 5.13 Å². The molecule has 1 heterocycles. The van der Waals surface area contributed by atoms with Crippen LogP contribution in [0.5, 0.6) is 0 Å². The van der Waals surface area contributed by atoms with Crippen molar-refractivity contribution in [3.63, 3.8) is 0 Å². The molecule has 0 saturated heterocycles. The number of anilines is 1. The average Bonchev–Trinajstić information content (AvgIpc) is 2.99. The number of aromatic nitrogens is 1. The van der Waals surface area contributed by atoms with Gasteiger partial charge in [-0.25, -0.2) is 4.98 Å². The fourth-order valence-corrected chi connectivity index (χ4v) is 1.86. The third kappa shape index (κ3) is 2.33. The standard InChI is InChI=1S/C9H11N3O2S/c1-5(12-14)7-4-15-9(10-7)11-8(13)6-2-3-6/h4,6,14H,2-3H2,1H3,(H,10,11,13). The van der Waals surface area contributed by atoms with E-state index in [-0.39, 0.29) is 11.8 Å². The van der Waals surface area contributed by atoms with Crippen LogP contribution in [0.3, 0.4) is 0 Å². The molecule has 0 unspecified atom stereocenters. The molecule has 0 radical (unpaired) electrons. The molecule has 0 spiro atoms. The number of carbonyl (C=O) groups is 1. The lowest BCUT2D eigenvalue weighted by molar-refractivity contribution is -0.117. The summed E-state index contributed by atoms with van der Waals surface area (Å²) in [5.41, 5.74) is 1.03. The minimum Gasteiger partial charge on any atom is -0.411 e. The van der Waals surface area contributed by atoms with Gasteiger partial charge in [0.1, 0.15) is 11.4 Å². The highest BCUT2D eigenvalue weighted by atomic mass is 32.1. The number of rotatable bonds is 3. The Balaban J connectivity index is 2.03. The summed E-state index contributed by atoms with van der Waals surface area (Å²) in [6.07, 6.45) is 1.95. The molecule has 0 aliphatic heterocycles. The Morgan fingerprint density at radius 1 is 1.73 bits per heavy atom. The van der Waals surface area contributed by atoms with Gasteiger partial charge < -0.3 is 10.5 Å². The van der Waals surface area contributed by atoms with Crippen LogP contribution in [-0.4, -0.2) is 21.8 Å². The Labute approximate surface area is 90.8 Å². The van der Waals surface area contributed by atoms with Crippen molar-refractivity contribution >= 4 is 28.1 Å². The Kier molecular flexibility index (Phi) is 2.68. The number of thiazole rings is 1. The summed E-state index contributed by atoms with van der Waals surface area (Å²) in [6.45, 7) is 1.65. The van der Waals surface area contributed by atoms with E-state index in [0.29, 0.717) is 16.5 Å². The molecule has 80 valence electrons. The van der Waals surface area contributed by atoms with Crippen LogP contribution in [0.25, 0.3) is 0 Å². The minimum absolute atomic E-state index is 0.0366. The van der Waals surface area contributed by atoms with Crippen molar-refractivity contribution < 1.29 is 10.0 Å². The molecule has 5 nitrogen and oxygen atoms in total. The number of nitrogens with one attached hydrogen (secondary N) is 1. The quantitative estimate of drug-likeness (QED) is 0.467. The van der Waals surface area contributed by atoms with E-state index in [4.69, 9.17) is 5.21 Å². The van der Waals surface area contributed by atoms with Crippen LogP contribution in [0.15, 0.2) is 10.5 Å². The van der Waals surface area contributed by atoms with Crippen LogP contribution in [-0.2, 0) is 4.79 Å². The van der Waals surface area contributed by atoms with E-state index in [1.165, 1.54) is 11.3 Å².